The number of rotatable bonds is 24. The largest absolute Gasteiger partial charge is 0.394 e. The highest BCUT2D eigenvalue weighted by Gasteiger charge is 2.59. The Morgan fingerprint density at radius 2 is 1.33 bits per heavy atom. The van der Waals surface area contributed by atoms with E-state index in [1.54, 1.807) is 5.57 Å². The van der Waals surface area contributed by atoms with Crippen molar-refractivity contribution in [3.05, 3.63) is 11.6 Å². The molecule has 0 spiro atoms. The van der Waals surface area contributed by atoms with Crippen molar-refractivity contribution >= 4 is 0 Å². The second-order valence-electron chi connectivity index (χ2n) is 16.5. The minimum absolute atomic E-state index is 0.0416. The number of allylic oxidation sites excluding steroid dienone is 1. The van der Waals surface area contributed by atoms with Gasteiger partial charge in [-0.3, -0.25) is 0 Å². The van der Waals surface area contributed by atoms with E-state index in [1.165, 1.54) is 64.2 Å². The van der Waals surface area contributed by atoms with Gasteiger partial charge in [-0.15, -0.1) is 0 Å². The van der Waals surface area contributed by atoms with E-state index >= 15 is 0 Å². The van der Waals surface area contributed by atoms with Crippen LogP contribution in [0.3, 0.4) is 0 Å². The highest BCUT2D eigenvalue weighted by molar-refractivity contribution is 5.25. The van der Waals surface area contributed by atoms with Crippen LogP contribution in [0.15, 0.2) is 11.6 Å². The number of hydrogen-bond acceptors (Lipinski definition) is 7. The lowest BCUT2D eigenvalue weighted by atomic mass is 9.47. The third-order valence-corrected chi connectivity index (χ3v) is 13.6. The van der Waals surface area contributed by atoms with E-state index in [-0.39, 0.29) is 6.61 Å². The van der Waals surface area contributed by atoms with E-state index in [0.29, 0.717) is 89.6 Å². The number of hydrogen-bond donors (Lipinski definition) is 1. The lowest BCUT2D eigenvalue weighted by molar-refractivity contribution is -0.0694. The Morgan fingerprint density at radius 3 is 1.92 bits per heavy atom. The van der Waals surface area contributed by atoms with Crippen LogP contribution in [0.1, 0.15) is 112 Å². The van der Waals surface area contributed by atoms with Gasteiger partial charge in [-0.05, 0) is 110 Å². The van der Waals surface area contributed by atoms with Crippen LogP contribution in [0, 0.1) is 52.3 Å². The Hall–Kier alpha value is -0.540. The molecule has 1 N–H and O–H groups in total. The first-order valence-electron chi connectivity index (χ1n) is 20.0. The quantitative estimate of drug-likeness (QED) is 0.0817. The van der Waals surface area contributed by atoms with Crippen molar-refractivity contribution in [3.63, 3.8) is 0 Å². The molecule has 3 fully saturated rings. The van der Waals surface area contributed by atoms with Crippen LogP contribution in [-0.2, 0) is 28.4 Å². The minimum atomic E-state index is 0.0416. The number of ether oxygens (including phenoxy) is 6. The van der Waals surface area contributed by atoms with Crippen molar-refractivity contribution in [1.82, 2.24) is 0 Å². The molecule has 0 radical (unpaired) electrons. The summed E-state index contributed by atoms with van der Waals surface area (Å²) in [6.07, 6.45) is 17.9. The Morgan fingerprint density at radius 1 is 0.729 bits per heavy atom. The summed E-state index contributed by atoms with van der Waals surface area (Å²) in [5.41, 5.74) is 2.63. The first-order valence-corrected chi connectivity index (χ1v) is 20.0. The molecule has 0 bridgehead atoms. The molecule has 7 heteroatoms. The van der Waals surface area contributed by atoms with Gasteiger partial charge in [0.1, 0.15) is 0 Å². The summed E-state index contributed by atoms with van der Waals surface area (Å²) in [6.45, 7) is 21.2. The van der Waals surface area contributed by atoms with Crippen molar-refractivity contribution in [2.75, 3.05) is 79.3 Å². The van der Waals surface area contributed by atoms with E-state index in [9.17, 15) is 0 Å². The SMILES string of the molecule is CC[C@H](CC[C@@H](C)[C@H]1CC[C@H]2[C@@H]3CC=C4C[C@@H](OCCOCCOCCOCCOCCOCCO)CC[C@]4(C)[C@H]3CC[C@]12C)C(C)C. The van der Waals surface area contributed by atoms with E-state index in [1.807, 2.05) is 0 Å². The fraction of sp³-hybridized carbons (Fsp3) is 0.951. The minimum Gasteiger partial charge on any atom is -0.394 e. The van der Waals surface area contributed by atoms with Crippen LogP contribution >= 0.6 is 0 Å². The smallest absolute Gasteiger partial charge is 0.0704 e. The zero-order valence-electron chi connectivity index (χ0n) is 31.9. The van der Waals surface area contributed by atoms with E-state index in [2.05, 4.69) is 47.6 Å². The predicted molar refractivity (Wildman–Crippen MR) is 193 cm³/mol. The van der Waals surface area contributed by atoms with Gasteiger partial charge in [-0.1, -0.05) is 66.0 Å². The lowest BCUT2D eigenvalue weighted by Gasteiger charge is -2.58. The second-order valence-corrected chi connectivity index (χ2v) is 16.5. The Labute approximate surface area is 294 Å². The van der Waals surface area contributed by atoms with Crippen LogP contribution in [0.5, 0.6) is 0 Å². The van der Waals surface area contributed by atoms with Crippen LogP contribution in [0.4, 0.5) is 0 Å². The van der Waals surface area contributed by atoms with Gasteiger partial charge in [0.15, 0.2) is 0 Å². The summed E-state index contributed by atoms with van der Waals surface area (Å²) < 4.78 is 33.8. The summed E-state index contributed by atoms with van der Waals surface area (Å²) in [6, 6.07) is 0. The molecule has 0 aromatic rings. The van der Waals surface area contributed by atoms with Crippen molar-refractivity contribution < 1.29 is 33.5 Å². The molecule has 280 valence electrons. The van der Waals surface area contributed by atoms with Crippen molar-refractivity contribution in [3.8, 4) is 0 Å². The average Bonchev–Trinajstić information content (AvgIpc) is 3.43. The van der Waals surface area contributed by atoms with E-state index in [0.717, 1.165) is 47.8 Å². The molecule has 0 aromatic carbocycles. The van der Waals surface area contributed by atoms with Crippen molar-refractivity contribution in [2.24, 2.45) is 52.3 Å². The number of fused-ring (bicyclic) bond motifs is 5. The fourth-order valence-corrected chi connectivity index (χ4v) is 10.8. The van der Waals surface area contributed by atoms with Gasteiger partial charge in [0, 0.05) is 0 Å². The van der Waals surface area contributed by atoms with Crippen LogP contribution in [0.25, 0.3) is 0 Å². The molecule has 9 atom stereocenters. The van der Waals surface area contributed by atoms with Crippen LogP contribution in [-0.4, -0.2) is 90.5 Å². The van der Waals surface area contributed by atoms with Gasteiger partial charge in [0.2, 0.25) is 0 Å². The Bertz CT molecular complexity index is 924. The molecule has 0 saturated heterocycles. The van der Waals surface area contributed by atoms with Gasteiger partial charge in [0.25, 0.3) is 0 Å². The molecule has 48 heavy (non-hydrogen) atoms. The van der Waals surface area contributed by atoms with Gasteiger partial charge in [-0.25, -0.2) is 0 Å². The molecule has 0 aliphatic heterocycles. The Kier molecular flexibility index (Phi) is 17.2. The van der Waals surface area contributed by atoms with Crippen molar-refractivity contribution in [2.45, 2.75) is 118 Å². The fourth-order valence-electron chi connectivity index (χ4n) is 10.8. The molecular formula is C41H74O7. The summed E-state index contributed by atoms with van der Waals surface area (Å²) in [7, 11) is 0. The summed E-state index contributed by atoms with van der Waals surface area (Å²) >= 11 is 0. The van der Waals surface area contributed by atoms with Gasteiger partial charge < -0.3 is 33.5 Å². The zero-order chi connectivity index (χ0) is 34.4. The maximum absolute atomic E-state index is 8.65. The molecule has 0 aromatic heterocycles. The third kappa shape index (κ3) is 10.7. The molecule has 4 aliphatic rings. The monoisotopic (exact) mass is 679 g/mol. The standard InChI is InChI=1S/C41H74O7/c1-7-33(31(2)3)9-8-32(4)37-12-13-38-36-11-10-34-30-35(14-16-40(34,5)39(36)15-17-41(37,38)6)48-29-28-47-27-26-46-25-24-45-23-22-44-21-20-43-19-18-42/h10,31-33,35-39,42H,7-9,11-30H2,1-6H3/t32-,33-,35+,36+,37-,38+,39+,40+,41-/m1/s1. The maximum atomic E-state index is 8.65. The van der Waals surface area contributed by atoms with Crippen LogP contribution in [0.2, 0.25) is 0 Å². The zero-order valence-corrected chi connectivity index (χ0v) is 31.9. The van der Waals surface area contributed by atoms with E-state index < -0.39 is 0 Å². The summed E-state index contributed by atoms with van der Waals surface area (Å²) in [5, 5.41) is 8.65. The molecule has 0 unspecified atom stereocenters. The summed E-state index contributed by atoms with van der Waals surface area (Å²) in [4.78, 5) is 0. The Balaban J connectivity index is 1.09. The first kappa shape index (κ1) is 40.2. The predicted octanol–water partition coefficient (Wildman–Crippen LogP) is 8.12. The van der Waals surface area contributed by atoms with Crippen molar-refractivity contribution in [1.29, 1.82) is 0 Å². The number of aliphatic hydroxyl groups excluding tert-OH is 1. The van der Waals surface area contributed by atoms with Gasteiger partial charge in [0.05, 0.1) is 85.4 Å². The molecule has 7 nitrogen and oxygen atoms in total. The molecular weight excluding hydrogens is 604 g/mol. The first-order chi connectivity index (χ1) is 23.2. The van der Waals surface area contributed by atoms with Gasteiger partial charge in [-0.2, -0.15) is 0 Å². The highest BCUT2D eigenvalue weighted by atomic mass is 16.6. The molecule has 0 amide bonds. The topological polar surface area (TPSA) is 75.6 Å². The van der Waals surface area contributed by atoms with Gasteiger partial charge >= 0.3 is 0 Å². The average molecular weight is 679 g/mol. The van der Waals surface area contributed by atoms with Crippen LogP contribution < -0.4 is 0 Å². The molecule has 0 heterocycles. The summed E-state index contributed by atoms with van der Waals surface area (Å²) in [5.74, 6) is 6.16. The highest BCUT2D eigenvalue weighted by Crippen LogP contribution is 2.67. The number of aliphatic hydroxyl groups is 1. The molecule has 3 saturated carbocycles. The molecule has 4 aliphatic carbocycles. The lowest BCUT2D eigenvalue weighted by Crippen LogP contribution is -2.51. The normalized spacial score (nSPS) is 32.8. The second kappa shape index (κ2) is 20.5. The van der Waals surface area contributed by atoms with E-state index in [4.69, 9.17) is 33.5 Å². The maximum Gasteiger partial charge on any atom is 0.0704 e. The molecule has 4 rings (SSSR count). The third-order valence-electron chi connectivity index (χ3n) is 13.6.